The molecule has 0 aliphatic carbocycles. The molecule has 0 unspecified atom stereocenters. The van der Waals surface area contributed by atoms with Crippen LogP contribution in [0.2, 0.25) is 0 Å². The van der Waals surface area contributed by atoms with E-state index in [0.29, 0.717) is 23.8 Å². The number of ether oxygens (including phenoxy) is 1. The number of aldehydes is 1. The summed E-state index contributed by atoms with van der Waals surface area (Å²) in [6.07, 6.45) is 0.930. The minimum absolute atomic E-state index is 0.112. The fourth-order valence-corrected chi connectivity index (χ4v) is 1.42. The highest BCUT2D eigenvalue weighted by molar-refractivity contribution is 6.01. The highest BCUT2D eigenvalue weighted by Crippen LogP contribution is 2.12. The molecule has 0 aliphatic rings. The third-order valence-corrected chi connectivity index (χ3v) is 2.25. The van der Waals surface area contributed by atoms with Gasteiger partial charge in [-0.25, -0.2) is 4.79 Å². The summed E-state index contributed by atoms with van der Waals surface area (Å²) in [6, 6.07) is 4.34. The van der Waals surface area contributed by atoms with Gasteiger partial charge in [-0.15, -0.1) is 0 Å². The van der Waals surface area contributed by atoms with Crippen molar-refractivity contribution < 1.29 is 19.1 Å². The zero-order valence-electron chi connectivity index (χ0n) is 9.86. The number of hydrogen-bond donors (Lipinski definition) is 0. The summed E-state index contributed by atoms with van der Waals surface area (Å²) in [5, 5.41) is 0. The smallest absolute Gasteiger partial charge is 0.338 e. The Balaban J connectivity index is 3.18. The molecule has 17 heavy (non-hydrogen) atoms. The average molecular weight is 234 g/mol. The molecule has 0 fully saturated rings. The number of ketones is 1. The molecule has 0 N–H and O–H groups in total. The van der Waals surface area contributed by atoms with Gasteiger partial charge in [0.05, 0.1) is 12.2 Å². The Kier molecular flexibility index (Phi) is 4.57. The molecule has 90 valence electrons. The van der Waals surface area contributed by atoms with Crippen molar-refractivity contribution in [3.8, 4) is 0 Å². The quantitative estimate of drug-likeness (QED) is 0.445. The van der Waals surface area contributed by atoms with E-state index in [4.69, 9.17) is 4.74 Å². The molecule has 0 aromatic heterocycles. The van der Waals surface area contributed by atoms with Crippen LogP contribution in [0.1, 0.15) is 51.3 Å². The Bertz CT molecular complexity index is 449. The lowest BCUT2D eigenvalue weighted by Gasteiger charge is -2.05. The fourth-order valence-electron chi connectivity index (χ4n) is 1.42. The summed E-state index contributed by atoms with van der Waals surface area (Å²) < 4.78 is 4.83. The Labute approximate surface area is 99.6 Å². The number of hydrogen-bond acceptors (Lipinski definition) is 4. The second kappa shape index (κ2) is 5.94. The Morgan fingerprint density at radius 2 is 1.82 bits per heavy atom. The summed E-state index contributed by atoms with van der Waals surface area (Å²) in [4.78, 5) is 33.8. The number of carbonyl (C=O) groups excluding carboxylic acids is 3. The van der Waals surface area contributed by atoms with Crippen LogP contribution in [0.15, 0.2) is 18.2 Å². The monoisotopic (exact) mass is 234 g/mol. The maximum atomic E-state index is 11.5. The van der Waals surface area contributed by atoms with Crippen LogP contribution in [0.25, 0.3) is 0 Å². The van der Waals surface area contributed by atoms with Gasteiger partial charge in [0.25, 0.3) is 0 Å². The molecule has 0 saturated carbocycles. The predicted molar refractivity (Wildman–Crippen MR) is 62.4 cm³/mol. The molecule has 4 heteroatoms. The fraction of sp³-hybridized carbons (Fsp3) is 0.308. The molecule has 0 saturated heterocycles. The standard InChI is InChI=1S/C13H14O4/c1-3-12(15)10-5-9(8-14)6-11(7-10)13(16)17-4-2/h5-8H,3-4H2,1-2H3. The van der Waals surface area contributed by atoms with Crippen LogP contribution in [0.3, 0.4) is 0 Å². The highest BCUT2D eigenvalue weighted by atomic mass is 16.5. The van der Waals surface area contributed by atoms with E-state index in [-0.39, 0.29) is 18.0 Å². The molecule has 4 nitrogen and oxygen atoms in total. The van der Waals surface area contributed by atoms with Crippen LogP contribution in [-0.2, 0) is 4.74 Å². The maximum Gasteiger partial charge on any atom is 0.338 e. The van der Waals surface area contributed by atoms with Crippen LogP contribution in [0.5, 0.6) is 0 Å². The number of carbonyl (C=O) groups is 3. The minimum atomic E-state index is -0.527. The molecular formula is C13H14O4. The van der Waals surface area contributed by atoms with E-state index >= 15 is 0 Å². The van der Waals surface area contributed by atoms with Crippen molar-refractivity contribution in [1.29, 1.82) is 0 Å². The molecule has 0 spiro atoms. The van der Waals surface area contributed by atoms with E-state index < -0.39 is 5.97 Å². The van der Waals surface area contributed by atoms with E-state index in [1.807, 2.05) is 0 Å². The predicted octanol–water partition coefficient (Wildman–Crippen LogP) is 2.27. The molecule has 0 aliphatic heterocycles. The summed E-state index contributed by atoms with van der Waals surface area (Å²) >= 11 is 0. The summed E-state index contributed by atoms with van der Waals surface area (Å²) in [5.41, 5.74) is 0.890. The first-order valence-corrected chi connectivity index (χ1v) is 5.43. The molecule has 0 heterocycles. The van der Waals surface area contributed by atoms with Gasteiger partial charge in [0.2, 0.25) is 0 Å². The lowest BCUT2D eigenvalue weighted by atomic mass is 10.0. The van der Waals surface area contributed by atoms with Gasteiger partial charge in [-0.3, -0.25) is 9.59 Å². The maximum absolute atomic E-state index is 11.5. The topological polar surface area (TPSA) is 60.4 Å². The van der Waals surface area contributed by atoms with E-state index in [0.717, 1.165) is 0 Å². The third-order valence-electron chi connectivity index (χ3n) is 2.25. The highest BCUT2D eigenvalue weighted by Gasteiger charge is 2.12. The van der Waals surface area contributed by atoms with E-state index in [1.54, 1.807) is 13.8 Å². The van der Waals surface area contributed by atoms with Crippen LogP contribution < -0.4 is 0 Å². The first kappa shape index (κ1) is 13.1. The average Bonchev–Trinajstić information content (AvgIpc) is 2.37. The first-order valence-electron chi connectivity index (χ1n) is 5.43. The van der Waals surface area contributed by atoms with Crippen molar-refractivity contribution in [2.75, 3.05) is 6.61 Å². The minimum Gasteiger partial charge on any atom is -0.462 e. The SMILES string of the molecule is CCOC(=O)c1cc(C=O)cc(C(=O)CC)c1. The first-order chi connectivity index (χ1) is 8.12. The van der Waals surface area contributed by atoms with Crippen molar-refractivity contribution in [3.63, 3.8) is 0 Å². The van der Waals surface area contributed by atoms with Crippen molar-refractivity contribution in [3.05, 3.63) is 34.9 Å². The van der Waals surface area contributed by atoms with Gasteiger partial charge in [0.15, 0.2) is 5.78 Å². The van der Waals surface area contributed by atoms with Gasteiger partial charge in [-0.05, 0) is 25.1 Å². The van der Waals surface area contributed by atoms with Gasteiger partial charge in [-0.2, -0.15) is 0 Å². The van der Waals surface area contributed by atoms with Gasteiger partial charge >= 0.3 is 5.97 Å². The molecule has 0 amide bonds. The Morgan fingerprint density at radius 3 is 2.35 bits per heavy atom. The van der Waals surface area contributed by atoms with Crippen LogP contribution >= 0.6 is 0 Å². The summed E-state index contributed by atoms with van der Waals surface area (Å²) in [5.74, 6) is -0.638. The van der Waals surface area contributed by atoms with E-state index in [9.17, 15) is 14.4 Å². The van der Waals surface area contributed by atoms with Crippen molar-refractivity contribution in [2.45, 2.75) is 20.3 Å². The molecular weight excluding hydrogens is 220 g/mol. The molecule has 1 aromatic rings. The lowest BCUT2D eigenvalue weighted by Crippen LogP contribution is -2.08. The zero-order chi connectivity index (χ0) is 12.8. The van der Waals surface area contributed by atoms with Gasteiger partial charge in [0.1, 0.15) is 6.29 Å². The number of benzene rings is 1. The zero-order valence-corrected chi connectivity index (χ0v) is 9.86. The van der Waals surface area contributed by atoms with Crippen molar-refractivity contribution in [2.24, 2.45) is 0 Å². The van der Waals surface area contributed by atoms with E-state index in [1.165, 1.54) is 18.2 Å². The normalized spacial score (nSPS) is 9.76. The molecule has 0 radical (unpaired) electrons. The Morgan fingerprint density at radius 1 is 1.18 bits per heavy atom. The van der Waals surface area contributed by atoms with Crippen LogP contribution in [-0.4, -0.2) is 24.6 Å². The lowest BCUT2D eigenvalue weighted by molar-refractivity contribution is 0.0526. The number of Topliss-reactive ketones (excluding diaryl/α,β-unsaturated/α-hetero) is 1. The third kappa shape index (κ3) is 3.24. The van der Waals surface area contributed by atoms with Crippen LogP contribution in [0, 0.1) is 0 Å². The van der Waals surface area contributed by atoms with Crippen molar-refractivity contribution >= 4 is 18.0 Å². The second-order valence-electron chi connectivity index (χ2n) is 3.46. The summed E-state index contributed by atoms with van der Waals surface area (Å²) in [7, 11) is 0. The number of rotatable bonds is 5. The number of esters is 1. The summed E-state index contributed by atoms with van der Waals surface area (Å²) in [6.45, 7) is 3.67. The van der Waals surface area contributed by atoms with Gasteiger partial charge in [0, 0.05) is 17.5 Å². The second-order valence-corrected chi connectivity index (χ2v) is 3.46. The van der Waals surface area contributed by atoms with Gasteiger partial charge < -0.3 is 4.74 Å². The molecule has 1 rings (SSSR count). The van der Waals surface area contributed by atoms with Crippen LogP contribution in [0.4, 0.5) is 0 Å². The van der Waals surface area contributed by atoms with E-state index in [2.05, 4.69) is 0 Å². The largest absolute Gasteiger partial charge is 0.462 e. The molecule has 0 bridgehead atoms. The molecule has 1 aromatic carbocycles. The van der Waals surface area contributed by atoms with Crippen molar-refractivity contribution in [1.82, 2.24) is 0 Å². The molecule has 0 atom stereocenters. The Hall–Kier alpha value is -1.97. The van der Waals surface area contributed by atoms with Gasteiger partial charge in [-0.1, -0.05) is 6.92 Å².